The molecule has 3 rings (SSSR count). The number of piperidine rings is 1. The van der Waals surface area contributed by atoms with Crippen molar-refractivity contribution in [1.82, 2.24) is 14.9 Å². The highest BCUT2D eigenvalue weighted by molar-refractivity contribution is 7.89. The molecular formula is C20H26F3N3O5S. The number of nitrogens with one attached hydrogen (secondary N) is 2. The highest BCUT2D eigenvalue weighted by atomic mass is 32.2. The predicted octanol–water partition coefficient (Wildman–Crippen LogP) is 2.02. The van der Waals surface area contributed by atoms with Crippen LogP contribution in [0.1, 0.15) is 32.1 Å². The Morgan fingerprint density at radius 2 is 1.81 bits per heavy atom. The zero-order chi connectivity index (χ0) is 23.4. The molecule has 1 unspecified atom stereocenters. The van der Waals surface area contributed by atoms with E-state index in [9.17, 15) is 31.2 Å². The molecule has 1 aliphatic carbocycles. The second-order valence-electron chi connectivity index (χ2n) is 8.03. The first kappa shape index (κ1) is 24.3. The lowest BCUT2D eigenvalue weighted by molar-refractivity contribution is -0.274. The van der Waals surface area contributed by atoms with Gasteiger partial charge in [-0.3, -0.25) is 9.59 Å². The second-order valence-corrected chi connectivity index (χ2v) is 9.80. The summed E-state index contributed by atoms with van der Waals surface area (Å²) in [5.74, 6) is -0.538. The van der Waals surface area contributed by atoms with Crippen molar-refractivity contribution in [2.75, 3.05) is 26.2 Å². The van der Waals surface area contributed by atoms with Gasteiger partial charge in [-0.1, -0.05) is 0 Å². The summed E-state index contributed by atoms with van der Waals surface area (Å²) < 4.78 is 67.2. The molecule has 0 spiro atoms. The minimum absolute atomic E-state index is 0.0481. The second kappa shape index (κ2) is 10.1. The number of ether oxygens (including phenoxy) is 1. The standard InChI is InChI=1S/C20H26F3N3O5S/c21-20(22,23)31-16-5-7-17(8-6-16)32(29,30)25-10-9-18(27)26-11-1-2-15(13-26)19(28)24-12-14-3-4-14/h5-8,14-15,25H,1-4,9-13H2,(H,24,28). The molecule has 2 aliphatic rings. The van der Waals surface area contributed by atoms with E-state index in [0.29, 0.717) is 38.4 Å². The SMILES string of the molecule is O=C(NCC1CC1)C1CCCN(C(=O)CCNS(=O)(=O)c2ccc(OC(F)(F)F)cc2)C1. The van der Waals surface area contributed by atoms with Gasteiger partial charge in [-0.25, -0.2) is 13.1 Å². The minimum atomic E-state index is -4.87. The van der Waals surface area contributed by atoms with E-state index in [1.165, 1.54) is 0 Å². The van der Waals surface area contributed by atoms with Crippen LogP contribution in [0.15, 0.2) is 29.2 Å². The summed E-state index contributed by atoms with van der Waals surface area (Å²) in [6.07, 6.45) is -1.28. The van der Waals surface area contributed by atoms with Crippen LogP contribution < -0.4 is 14.8 Å². The summed E-state index contributed by atoms with van der Waals surface area (Å²) in [7, 11) is -4.00. The molecule has 1 heterocycles. The fourth-order valence-corrected chi connectivity index (χ4v) is 4.52. The third-order valence-corrected chi connectivity index (χ3v) is 6.88. The van der Waals surface area contributed by atoms with Crippen LogP contribution in [0.5, 0.6) is 5.75 Å². The van der Waals surface area contributed by atoms with Crippen LogP contribution >= 0.6 is 0 Å². The van der Waals surface area contributed by atoms with E-state index in [-0.39, 0.29) is 35.6 Å². The summed E-state index contributed by atoms with van der Waals surface area (Å²) >= 11 is 0. The van der Waals surface area contributed by atoms with E-state index in [2.05, 4.69) is 14.8 Å². The number of carbonyl (C=O) groups is 2. The van der Waals surface area contributed by atoms with Gasteiger partial charge >= 0.3 is 6.36 Å². The predicted molar refractivity (Wildman–Crippen MR) is 108 cm³/mol. The molecule has 1 atom stereocenters. The summed E-state index contributed by atoms with van der Waals surface area (Å²) in [5.41, 5.74) is 0. The summed E-state index contributed by atoms with van der Waals surface area (Å²) in [4.78, 5) is 26.1. The number of hydrogen-bond donors (Lipinski definition) is 2. The van der Waals surface area contributed by atoms with Gasteiger partial charge in [-0.15, -0.1) is 13.2 Å². The van der Waals surface area contributed by atoms with Gasteiger partial charge < -0.3 is 15.0 Å². The maximum absolute atomic E-state index is 12.5. The van der Waals surface area contributed by atoms with Gasteiger partial charge in [0.1, 0.15) is 5.75 Å². The topological polar surface area (TPSA) is 105 Å². The van der Waals surface area contributed by atoms with E-state index in [0.717, 1.165) is 37.1 Å². The van der Waals surface area contributed by atoms with Crippen LogP contribution in [0.25, 0.3) is 0 Å². The number of benzene rings is 1. The lowest BCUT2D eigenvalue weighted by atomic mass is 9.97. The quantitative estimate of drug-likeness (QED) is 0.566. The number of amides is 2. The van der Waals surface area contributed by atoms with Crippen LogP contribution in [0, 0.1) is 11.8 Å². The van der Waals surface area contributed by atoms with Gasteiger partial charge in [0.2, 0.25) is 21.8 Å². The molecule has 1 aliphatic heterocycles. The molecule has 2 amide bonds. The highest BCUT2D eigenvalue weighted by Gasteiger charge is 2.32. The number of sulfonamides is 1. The molecule has 1 saturated heterocycles. The van der Waals surface area contributed by atoms with Crippen molar-refractivity contribution in [2.45, 2.75) is 43.4 Å². The molecule has 1 aromatic carbocycles. The molecule has 1 aromatic rings. The molecule has 0 aromatic heterocycles. The van der Waals surface area contributed by atoms with Gasteiger partial charge in [-0.05, 0) is 55.9 Å². The Kier molecular flexibility index (Phi) is 7.65. The molecule has 2 N–H and O–H groups in total. The van der Waals surface area contributed by atoms with Crippen LogP contribution in [0.4, 0.5) is 13.2 Å². The van der Waals surface area contributed by atoms with E-state index >= 15 is 0 Å². The van der Waals surface area contributed by atoms with E-state index < -0.39 is 22.1 Å². The normalized spacial score (nSPS) is 19.5. The van der Waals surface area contributed by atoms with Gasteiger partial charge in [0, 0.05) is 32.6 Å². The molecule has 1 saturated carbocycles. The number of rotatable bonds is 9. The Hall–Kier alpha value is -2.34. The first-order valence-electron chi connectivity index (χ1n) is 10.4. The maximum Gasteiger partial charge on any atom is 0.573 e. The van der Waals surface area contributed by atoms with Crippen LogP contribution in [-0.2, 0) is 19.6 Å². The van der Waals surface area contributed by atoms with Gasteiger partial charge in [0.25, 0.3) is 0 Å². The third kappa shape index (κ3) is 7.37. The van der Waals surface area contributed by atoms with Crippen LogP contribution in [0.2, 0.25) is 0 Å². The summed E-state index contributed by atoms with van der Waals surface area (Å²) in [6, 6.07) is 3.77. The fraction of sp³-hybridized carbons (Fsp3) is 0.600. The molecule has 8 nitrogen and oxygen atoms in total. The lowest BCUT2D eigenvalue weighted by Crippen LogP contribution is -2.46. The highest BCUT2D eigenvalue weighted by Crippen LogP contribution is 2.28. The van der Waals surface area contributed by atoms with Crippen molar-refractivity contribution < 1.29 is 35.9 Å². The molecule has 2 fully saturated rings. The van der Waals surface area contributed by atoms with Crippen molar-refractivity contribution in [3.8, 4) is 5.75 Å². The Morgan fingerprint density at radius 1 is 1.12 bits per heavy atom. The van der Waals surface area contributed by atoms with Crippen molar-refractivity contribution in [1.29, 1.82) is 0 Å². The van der Waals surface area contributed by atoms with Gasteiger partial charge in [0.15, 0.2) is 0 Å². The first-order valence-corrected chi connectivity index (χ1v) is 11.9. The third-order valence-electron chi connectivity index (χ3n) is 5.41. The smallest absolute Gasteiger partial charge is 0.406 e. The Balaban J connectivity index is 1.45. The largest absolute Gasteiger partial charge is 0.573 e. The van der Waals surface area contributed by atoms with Crippen molar-refractivity contribution in [3.63, 3.8) is 0 Å². The Bertz CT molecular complexity index is 917. The minimum Gasteiger partial charge on any atom is -0.406 e. The number of carbonyl (C=O) groups excluding carboxylic acids is 2. The van der Waals surface area contributed by atoms with Crippen molar-refractivity contribution >= 4 is 21.8 Å². The number of likely N-dealkylation sites (tertiary alicyclic amines) is 1. The summed E-state index contributed by atoms with van der Waals surface area (Å²) in [5, 5.41) is 2.93. The van der Waals surface area contributed by atoms with Crippen molar-refractivity contribution in [3.05, 3.63) is 24.3 Å². The Morgan fingerprint density at radius 3 is 2.44 bits per heavy atom. The molecular weight excluding hydrogens is 451 g/mol. The van der Waals surface area contributed by atoms with E-state index in [4.69, 9.17) is 0 Å². The number of halogens is 3. The van der Waals surface area contributed by atoms with Crippen LogP contribution in [0.3, 0.4) is 0 Å². The lowest BCUT2D eigenvalue weighted by Gasteiger charge is -2.32. The molecule has 178 valence electrons. The first-order chi connectivity index (χ1) is 15.0. The molecule has 0 radical (unpaired) electrons. The van der Waals surface area contributed by atoms with Crippen LogP contribution in [-0.4, -0.2) is 57.7 Å². The zero-order valence-electron chi connectivity index (χ0n) is 17.4. The average Bonchev–Trinajstić information content (AvgIpc) is 3.55. The molecule has 12 heteroatoms. The average molecular weight is 478 g/mol. The van der Waals surface area contributed by atoms with Gasteiger partial charge in [-0.2, -0.15) is 0 Å². The monoisotopic (exact) mass is 477 g/mol. The Labute approximate surface area is 184 Å². The van der Waals surface area contributed by atoms with E-state index in [1.54, 1.807) is 4.90 Å². The fourth-order valence-electron chi connectivity index (χ4n) is 3.48. The van der Waals surface area contributed by atoms with E-state index in [1.807, 2.05) is 0 Å². The zero-order valence-corrected chi connectivity index (χ0v) is 18.2. The van der Waals surface area contributed by atoms with Gasteiger partial charge in [0.05, 0.1) is 10.8 Å². The number of alkyl halides is 3. The molecule has 0 bridgehead atoms. The van der Waals surface area contributed by atoms with Crippen molar-refractivity contribution in [2.24, 2.45) is 11.8 Å². The number of hydrogen-bond acceptors (Lipinski definition) is 5. The summed E-state index contributed by atoms with van der Waals surface area (Å²) in [6.45, 7) is 1.33. The molecule has 32 heavy (non-hydrogen) atoms. The number of nitrogens with zero attached hydrogens (tertiary/aromatic N) is 1. The maximum atomic E-state index is 12.5.